The van der Waals surface area contributed by atoms with Gasteiger partial charge in [-0.2, -0.15) is 0 Å². The third-order valence-corrected chi connectivity index (χ3v) is 2.53. The predicted molar refractivity (Wildman–Crippen MR) is 67.8 cm³/mol. The summed E-state index contributed by atoms with van der Waals surface area (Å²) in [5.74, 6) is -1.33. The van der Waals surface area contributed by atoms with Gasteiger partial charge in [0.05, 0.1) is 11.3 Å². The summed E-state index contributed by atoms with van der Waals surface area (Å²) >= 11 is 0. The van der Waals surface area contributed by atoms with Crippen LogP contribution in [0.3, 0.4) is 0 Å². The van der Waals surface area contributed by atoms with Gasteiger partial charge in [-0.3, -0.25) is 0 Å². The van der Waals surface area contributed by atoms with Gasteiger partial charge >= 0.3 is 5.97 Å². The first-order valence-electron chi connectivity index (χ1n) is 5.43. The van der Waals surface area contributed by atoms with Crippen molar-refractivity contribution in [1.29, 1.82) is 0 Å². The minimum absolute atomic E-state index is 0.199. The molecule has 0 radical (unpaired) electrons. The topological polar surface area (TPSA) is 49.3 Å². The number of aromatic carboxylic acids is 1. The zero-order valence-electron chi connectivity index (χ0n) is 9.77. The third-order valence-electron chi connectivity index (χ3n) is 2.53. The fourth-order valence-electron chi connectivity index (χ4n) is 1.59. The average molecular weight is 245 g/mol. The summed E-state index contributed by atoms with van der Waals surface area (Å²) < 4.78 is 13.5. The zero-order valence-corrected chi connectivity index (χ0v) is 9.77. The molecule has 0 saturated carbocycles. The highest BCUT2D eigenvalue weighted by Gasteiger charge is 2.04. The molecular formula is C14H12FNO2. The summed E-state index contributed by atoms with van der Waals surface area (Å²) in [5.41, 5.74) is 2.16. The Kier molecular flexibility index (Phi) is 3.28. The first-order chi connectivity index (χ1) is 8.56. The lowest BCUT2D eigenvalue weighted by Crippen LogP contribution is -1.97. The highest BCUT2D eigenvalue weighted by Crippen LogP contribution is 2.21. The van der Waals surface area contributed by atoms with Crippen LogP contribution in [0.4, 0.5) is 15.8 Å². The van der Waals surface area contributed by atoms with Crippen LogP contribution in [0.2, 0.25) is 0 Å². The molecule has 0 aliphatic carbocycles. The maximum Gasteiger partial charge on any atom is 0.335 e. The highest BCUT2D eigenvalue weighted by atomic mass is 19.1. The number of carbonyl (C=O) groups is 1. The van der Waals surface area contributed by atoms with Crippen LogP contribution in [0, 0.1) is 12.7 Å². The number of anilines is 2. The molecule has 2 aromatic carbocycles. The van der Waals surface area contributed by atoms with E-state index in [1.54, 1.807) is 24.3 Å². The van der Waals surface area contributed by atoms with Crippen molar-refractivity contribution in [2.45, 2.75) is 6.92 Å². The lowest BCUT2D eigenvalue weighted by Gasteiger charge is -2.08. The predicted octanol–water partition coefficient (Wildman–Crippen LogP) is 3.58. The summed E-state index contributed by atoms with van der Waals surface area (Å²) in [6.45, 7) is 1.87. The van der Waals surface area contributed by atoms with Crippen molar-refractivity contribution in [2.75, 3.05) is 5.32 Å². The summed E-state index contributed by atoms with van der Waals surface area (Å²) in [6.07, 6.45) is 0. The number of hydrogen-bond donors (Lipinski definition) is 2. The minimum atomic E-state index is -0.983. The van der Waals surface area contributed by atoms with Crippen molar-refractivity contribution in [3.63, 3.8) is 0 Å². The van der Waals surface area contributed by atoms with E-state index in [0.29, 0.717) is 11.4 Å². The van der Waals surface area contributed by atoms with E-state index in [0.717, 1.165) is 5.56 Å². The Balaban J connectivity index is 2.23. The molecule has 3 nitrogen and oxygen atoms in total. The highest BCUT2D eigenvalue weighted by molar-refractivity contribution is 5.88. The maximum absolute atomic E-state index is 13.5. The molecule has 0 spiro atoms. The van der Waals surface area contributed by atoms with E-state index in [1.165, 1.54) is 18.2 Å². The Morgan fingerprint density at radius 3 is 2.44 bits per heavy atom. The van der Waals surface area contributed by atoms with Crippen molar-refractivity contribution in [2.24, 2.45) is 0 Å². The van der Waals surface area contributed by atoms with Gasteiger partial charge in [-0.1, -0.05) is 6.07 Å². The van der Waals surface area contributed by atoms with Crippen molar-refractivity contribution in [1.82, 2.24) is 0 Å². The lowest BCUT2D eigenvalue weighted by atomic mass is 10.2. The quantitative estimate of drug-likeness (QED) is 0.869. The van der Waals surface area contributed by atoms with Gasteiger partial charge in [0.1, 0.15) is 5.82 Å². The monoisotopic (exact) mass is 245 g/mol. The Morgan fingerprint density at radius 2 is 1.83 bits per heavy atom. The summed E-state index contributed by atoms with van der Waals surface area (Å²) in [5, 5.41) is 11.7. The standard InChI is InChI=1S/C14H12FNO2/c1-9-2-7-12(15)13(8-9)16-11-5-3-10(4-6-11)14(17)18/h2-8,16H,1H3,(H,17,18). The molecule has 0 aliphatic rings. The summed E-state index contributed by atoms with van der Waals surface area (Å²) in [7, 11) is 0. The Morgan fingerprint density at radius 1 is 1.17 bits per heavy atom. The molecule has 92 valence electrons. The van der Waals surface area contributed by atoms with Crippen LogP contribution in [0.15, 0.2) is 42.5 Å². The van der Waals surface area contributed by atoms with Crippen molar-refractivity contribution >= 4 is 17.3 Å². The molecule has 0 aromatic heterocycles. The van der Waals surface area contributed by atoms with Gasteiger partial charge in [-0.05, 0) is 48.9 Å². The second-order valence-electron chi connectivity index (χ2n) is 3.99. The van der Waals surface area contributed by atoms with E-state index in [-0.39, 0.29) is 11.4 Å². The number of benzene rings is 2. The van der Waals surface area contributed by atoms with Crippen LogP contribution >= 0.6 is 0 Å². The molecule has 0 saturated heterocycles. The van der Waals surface area contributed by atoms with E-state index >= 15 is 0 Å². The largest absolute Gasteiger partial charge is 0.478 e. The van der Waals surface area contributed by atoms with E-state index in [9.17, 15) is 9.18 Å². The molecule has 0 aliphatic heterocycles. The van der Waals surface area contributed by atoms with Gasteiger partial charge in [0.15, 0.2) is 0 Å². The van der Waals surface area contributed by atoms with Crippen LogP contribution in [-0.4, -0.2) is 11.1 Å². The smallest absolute Gasteiger partial charge is 0.335 e. The fraction of sp³-hybridized carbons (Fsp3) is 0.0714. The molecule has 0 bridgehead atoms. The second-order valence-corrected chi connectivity index (χ2v) is 3.99. The van der Waals surface area contributed by atoms with Crippen LogP contribution < -0.4 is 5.32 Å². The van der Waals surface area contributed by atoms with Crippen LogP contribution in [-0.2, 0) is 0 Å². The van der Waals surface area contributed by atoms with E-state index < -0.39 is 5.97 Å². The molecule has 18 heavy (non-hydrogen) atoms. The number of aryl methyl sites for hydroxylation is 1. The molecule has 4 heteroatoms. The van der Waals surface area contributed by atoms with Gasteiger partial charge in [0.25, 0.3) is 0 Å². The van der Waals surface area contributed by atoms with Gasteiger partial charge in [0, 0.05) is 5.69 Å². The molecule has 2 aromatic rings. The maximum atomic E-state index is 13.5. The number of carboxylic acid groups (broad SMARTS) is 1. The Hall–Kier alpha value is -2.36. The molecule has 0 atom stereocenters. The van der Waals surface area contributed by atoms with Crippen LogP contribution in [0.5, 0.6) is 0 Å². The molecule has 2 N–H and O–H groups in total. The molecular weight excluding hydrogens is 233 g/mol. The van der Waals surface area contributed by atoms with Crippen LogP contribution in [0.25, 0.3) is 0 Å². The fourth-order valence-corrected chi connectivity index (χ4v) is 1.59. The molecule has 2 rings (SSSR count). The van der Waals surface area contributed by atoms with Gasteiger partial charge < -0.3 is 10.4 Å². The van der Waals surface area contributed by atoms with E-state index in [4.69, 9.17) is 5.11 Å². The van der Waals surface area contributed by atoms with Crippen molar-refractivity contribution < 1.29 is 14.3 Å². The van der Waals surface area contributed by atoms with Gasteiger partial charge in [-0.25, -0.2) is 9.18 Å². The minimum Gasteiger partial charge on any atom is -0.478 e. The number of halogens is 1. The summed E-state index contributed by atoms with van der Waals surface area (Å²) in [4.78, 5) is 10.7. The first kappa shape index (κ1) is 12.1. The zero-order chi connectivity index (χ0) is 13.1. The van der Waals surface area contributed by atoms with Gasteiger partial charge in [-0.15, -0.1) is 0 Å². The third kappa shape index (κ3) is 2.66. The Bertz CT molecular complexity index is 579. The number of carboxylic acids is 1. The second kappa shape index (κ2) is 4.87. The summed E-state index contributed by atoms with van der Waals surface area (Å²) in [6, 6.07) is 10.9. The van der Waals surface area contributed by atoms with Crippen molar-refractivity contribution in [3.05, 3.63) is 59.4 Å². The first-order valence-corrected chi connectivity index (χ1v) is 5.43. The average Bonchev–Trinajstić information content (AvgIpc) is 2.34. The Labute approximate surface area is 104 Å². The van der Waals surface area contributed by atoms with Gasteiger partial charge in [0.2, 0.25) is 0 Å². The van der Waals surface area contributed by atoms with E-state index in [2.05, 4.69) is 5.32 Å². The molecule has 0 unspecified atom stereocenters. The normalized spacial score (nSPS) is 10.1. The number of nitrogens with one attached hydrogen (secondary N) is 1. The number of rotatable bonds is 3. The van der Waals surface area contributed by atoms with Crippen LogP contribution in [0.1, 0.15) is 15.9 Å². The molecule has 0 heterocycles. The van der Waals surface area contributed by atoms with E-state index in [1.807, 2.05) is 6.92 Å². The number of hydrogen-bond acceptors (Lipinski definition) is 2. The molecule has 0 amide bonds. The SMILES string of the molecule is Cc1ccc(F)c(Nc2ccc(C(=O)O)cc2)c1. The van der Waals surface area contributed by atoms with Crippen molar-refractivity contribution in [3.8, 4) is 0 Å². The lowest BCUT2D eigenvalue weighted by molar-refractivity contribution is 0.0697. The molecule has 0 fully saturated rings.